The van der Waals surface area contributed by atoms with Crippen LogP contribution in [0.2, 0.25) is 0 Å². The number of nitrogens with zero attached hydrogens (tertiary/aromatic N) is 2. The first kappa shape index (κ1) is 12.6. The Kier molecular flexibility index (Phi) is 3.31. The van der Waals surface area contributed by atoms with E-state index in [0.717, 1.165) is 22.0 Å². The van der Waals surface area contributed by atoms with Crippen molar-refractivity contribution in [3.8, 4) is 11.6 Å². The summed E-state index contributed by atoms with van der Waals surface area (Å²) in [7, 11) is 0. The largest absolute Gasteiger partial charge is 0.437 e. The lowest BCUT2D eigenvalue weighted by molar-refractivity contribution is 0.454. The van der Waals surface area contributed by atoms with E-state index in [1.54, 1.807) is 12.4 Å². The van der Waals surface area contributed by atoms with Gasteiger partial charge in [0.1, 0.15) is 5.75 Å². The average Bonchev–Trinajstić information content (AvgIpc) is 2.47. The van der Waals surface area contributed by atoms with Gasteiger partial charge >= 0.3 is 0 Å². The summed E-state index contributed by atoms with van der Waals surface area (Å²) in [6.07, 6.45) is 3.42. The summed E-state index contributed by atoms with van der Waals surface area (Å²) in [5, 5.41) is 1.03. The third kappa shape index (κ3) is 2.33. The van der Waals surface area contributed by atoms with Crippen molar-refractivity contribution in [2.24, 2.45) is 5.73 Å². The van der Waals surface area contributed by atoms with Gasteiger partial charge < -0.3 is 10.5 Å². The van der Waals surface area contributed by atoms with E-state index in [9.17, 15) is 0 Å². The molecule has 0 aliphatic heterocycles. The Balaban J connectivity index is 1.99. The van der Waals surface area contributed by atoms with Crippen LogP contribution in [-0.4, -0.2) is 9.97 Å². The van der Waals surface area contributed by atoms with Crippen molar-refractivity contribution in [1.82, 2.24) is 9.97 Å². The molecule has 4 heteroatoms. The Morgan fingerprint density at radius 1 is 1.15 bits per heavy atom. The first-order chi connectivity index (χ1) is 9.78. The second-order valence-corrected chi connectivity index (χ2v) is 4.58. The SMILES string of the molecule is Cc1ccnc(Oc2cnc3ccccc3c2)c1CN. The van der Waals surface area contributed by atoms with Gasteiger partial charge in [-0.05, 0) is 30.7 Å². The Morgan fingerprint density at radius 3 is 2.85 bits per heavy atom. The molecule has 0 saturated heterocycles. The summed E-state index contributed by atoms with van der Waals surface area (Å²) in [4.78, 5) is 8.63. The molecule has 0 unspecified atom stereocenters. The number of ether oxygens (including phenoxy) is 1. The summed E-state index contributed by atoms with van der Waals surface area (Å²) in [6.45, 7) is 2.39. The van der Waals surface area contributed by atoms with Gasteiger partial charge in [-0.15, -0.1) is 0 Å². The van der Waals surface area contributed by atoms with E-state index >= 15 is 0 Å². The first-order valence-electron chi connectivity index (χ1n) is 6.45. The number of hydrogen-bond donors (Lipinski definition) is 1. The molecule has 1 aromatic carbocycles. The summed E-state index contributed by atoms with van der Waals surface area (Å²) in [5.41, 5.74) is 8.69. The molecule has 0 aliphatic rings. The van der Waals surface area contributed by atoms with Gasteiger partial charge in [-0.25, -0.2) is 4.98 Å². The van der Waals surface area contributed by atoms with Gasteiger partial charge in [-0.3, -0.25) is 4.98 Å². The van der Waals surface area contributed by atoms with Gasteiger partial charge in [-0.1, -0.05) is 18.2 Å². The van der Waals surface area contributed by atoms with Gasteiger partial charge in [0.2, 0.25) is 5.88 Å². The predicted molar refractivity (Wildman–Crippen MR) is 78.7 cm³/mol. The first-order valence-corrected chi connectivity index (χ1v) is 6.45. The monoisotopic (exact) mass is 265 g/mol. The Labute approximate surface area is 117 Å². The number of aryl methyl sites for hydroxylation is 1. The molecule has 2 heterocycles. The fraction of sp³-hybridized carbons (Fsp3) is 0.125. The van der Waals surface area contributed by atoms with Crippen LogP contribution in [0.3, 0.4) is 0 Å². The Morgan fingerprint density at radius 2 is 2.00 bits per heavy atom. The highest BCUT2D eigenvalue weighted by Gasteiger charge is 2.08. The number of pyridine rings is 2. The second-order valence-electron chi connectivity index (χ2n) is 4.58. The number of para-hydroxylation sites is 1. The molecule has 100 valence electrons. The molecule has 20 heavy (non-hydrogen) atoms. The van der Waals surface area contributed by atoms with Crippen LogP contribution in [0.5, 0.6) is 11.6 Å². The maximum absolute atomic E-state index is 5.84. The van der Waals surface area contributed by atoms with E-state index < -0.39 is 0 Å². The molecule has 0 saturated carbocycles. The number of benzene rings is 1. The highest BCUT2D eigenvalue weighted by atomic mass is 16.5. The van der Waals surface area contributed by atoms with Crippen LogP contribution in [0, 0.1) is 6.92 Å². The molecule has 2 aromatic heterocycles. The maximum Gasteiger partial charge on any atom is 0.224 e. The fourth-order valence-corrected chi connectivity index (χ4v) is 2.12. The topological polar surface area (TPSA) is 61.0 Å². The second kappa shape index (κ2) is 5.27. The quantitative estimate of drug-likeness (QED) is 0.790. The zero-order chi connectivity index (χ0) is 13.9. The molecule has 0 spiro atoms. The molecule has 0 amide bonds. The Hall–Kier alpha value is -2.46. The lowest BCUT2D eigenvalue weighted by Gasteiger charge is -2.11. The van der Waals surface area contributed by atoms with E-state index in [-0.39, 0.29) is 0 Å². The third-order valence-electron chi connectivity index (χ3n) is 3.23. The number of fused-ring (bicyclic) bond motifs is 1. The van der Waals surface area contributed by atoms with Gasteiger partial charge in [-0.2, -0.15) is 0 Å². The summed E-state index contributed by atoms with van der Waals surface area (Å²) in [5.74, 6) is 1.21. The van der Waals surface area contributed by atoms with Gasteiger partial charge in [0.25, 0.3) is 0 Å². The lowest BCUT2D eigenvalue weighted by atomic mass is 10.1. The summed E-state index contributed by atoms with van der Waals surface area (Å²) < 4.78 is 5.84. The van der Waals surface area contributed by atoms with E-state index in [0.29, 0.717) is 18.2 Å². The summed E-state index contributed by atoms with van der Waals surface area (Å²) >= 11 is 0. The molecular formula is C16H15N3O. The van der Waals surface area contributed by atoms with Crippen LogP contribution in [0.1, 0.15) is 11.1 Å². The van der Waals surface area contributed by atoms with Crippen molar-refractivity contribution in [2.75, 3.05) is 0 Å². The van der Waals surface area contributed by atoms with Crippen LogP contribution in [0.15, 0.2) is 48.8 Å². The smallest absolute Gasteiger partial charge is 0.224 e. The van der Waals surface area contributed by atoms with E-state index in [1.165, 1.54) is 0 Å². The van der Waals surface area contributed by atoms with E-state index in [4.69, 9.17) is 10.5 Å². The van der Waals surface area contributed by atoms with Crippen molar-refractivity contribution in [1.29, 1.82) is 0 Å². The number of aromatic nitrogens is 2. The molecule has 0 atom stereocenters. The average molecular weight is 265 g/mol. The molecule has 3 aromatic rings. The molecule has 0 bridgehead atoms. The number of hydrogen-bond acceptors (Lipinski definition) is 4. The van der Waals surface area contributed by atoms with Crippen LogP contribution in [0.4, 0.5) is 0 Å². The third-order valence-corrected chi connectivity index (χ3v) is 3.23. The molecule has 0 aliphatic carbocycles. The molecule has 0 radical (unpaired) electrons. The molecular weight excluding hydrogens is 250 g/mol. The van der Waals surface area contributed by atoms with Crippen LogP contribution in [0.25, 0.3) is 10.9 Å². The van der Waals surface area contributed by atoms with Crippen LogP contribution in [-0.2, 0) is 6.54 Å². The highest BCUT2D eigenvalue weighted by molar-refractivity contribution is 5.79. The summed E-state index contributed by atoms with van der Waals surface area (Å²) in [6, 6.07) is 11.8. The molecule has 4 nitrogen and oxygen atoms in total. The van der Waals surface area contributed by atoms with Crippen molar-refractivity contribution < 1.29 is 4.74 Å². The normalized spacial score (nSPS) is 10.7. The molecule has 3 rings (SSSR count). The van der Waals surface area contributed by atoms with Crippen molar-refractivity contribution in [2.45, 2.75) is 13.5 Å². The highest BCUT2D eigenvalue weighted by Crippen LogP contribution is 2.26. The van der Waals surface area contributed by atoms with Crippen molar-refractivity contribution >= 4 is 10.9 Å². The van der Waals surface area contributed by atoms with Crippen LogP contribution < -0.4 is 10.5 Å². The number of nitrogens with two attached hydrogens (primary N) is 1. The minimum atomic E-state index is 0.399. The van der Waals surface area contributed by atoms with Gasteiger partial charge in [0.15, 0.2) is 0 Å². The van der Waals surface area contributed by atoms with Crippen LogP contribution >= 0.6 is 0 Å². The number of rotatable bonds is 3. The molecule has 0 fully saturated rings. The zero-order valence-electron chi connectivity index (χ0n) is 11.2. The standard InChI is InChI=1S/C16H15N3O/c1-11-6-7-18-16(14(11)9-17)20-13-8-12-4-2-3-5-15(12)19-10-13/h2-8,10H,9,17H2,1H3. The van der Waals surface area contributed by atoms with E-state index in [1.807, 2.05) is 43.3 Å². The van der Waals surface area contributed by atoms with Gasteiger partial charge in [0.05, 0.1) is 11.7 Å². The maximum atomic E-state index is 5.84. The predicted octanol–water partition coefficient (Wildman–Crippen LogP) is 3.19. The lowest BCUT2D eigenvalue weighted by Crippen LogP contribution is -2.03. The van der Waals surface area contributed by atoms with Gasteiger partial charge in [0, 0.05) is 23.7 Å². The minimum absolute atomic E-state index is 0.399. The van der Waals surface area contributed by atoms with Crippen molar-refractivity contribution in [3.63, 3.8) is 0 Å². The fourth-order valence-electron chi connectivity index (χ4n) is 2.12. The Bertz CT molecular complexity index is 756. The molecule has 2 N–H and O–H groups in total. The van der Waals surface area contributed by atoms with E-state index in [2.05, 4.69) is 9.97 Å². The van der Waals surface area contributed by atoms with Crippen molar-refractivity contribution in [3.05, 3.63) is 59.9 Å². The minimum Gasteiger partial charge on any atom is -0.437 e. The zero-order valence-corrected chi connectivity index (χ0v) is 11.2.